The molecule has 110 valence electrons. The van der Waals surface area contributed by atoms with Gasteiger partial charge in [-0.1, -0.05) is 12.8 Å². The SMILES string of the molecule is CC1(Nc2ccc([N+](=O)[O-])c(C(F)(F)F)c2)CCCC1. The van der Waals surface area contributed by atoms with Gasteiger partial charge >= 0.3 is 6.18 Å². The summed E-state index contributed by atoms with van der Waals surface area (Å²) in [6.07, 6.45) is -0.918. The number of alkyl halides is 3. The van der Waals surface area contributed by atoms with Gasteiger partial charge in [0.25, 0.3) is 5.69 Å². The molecule has 0 bridgehead atoms. The van der Waals surface area contributed by atoms with Crippen LogP contribution in [0, 0.1) is 10.1 Å². The molecule has 0 aromatic heterocycles. The van der Waals surface area contributed by atoms with E-state index in [0.29, 0.717) is 0 Å². The van der Waals surface area contributed by atoms with Gasteiger partial charge in [0.05, 0.1) is 4.92 Å². The summed E-state index contributed by atoms with van der Waals surface area (Å²) in [6, 6.07) is 3.06. The summed E-state index contributed by atoms with van der Waals surface area (Å²) in [5, 5.41) is 13.7. The highest BCUT2D eigenvalue weighted by Gasteiger charge is 2.39. The van der Waals surface area contributed by atoms with Crippen LogP contribution < -0.4 is 5.32 Å². The first-order valence-electron chi connectivity index (χ1n) is 6.35. The van der Waals surface area contributed by atoms with Crippen molar-refractivity contribution in [3.8, 4) is 0 Å². The molecule has 0 aliphatic heterocycles. The molecule has 7 heteroatoms. The Balaban J connectivity index is 2.35. The zero-order valence-electron chi connectivity index (χ0n) is 11.0. The van der Waals surface area contributed by atoms with Gasteiger partial charge < -0.3 is 5.32 Å². The molecule has 1 fully saturated rings. The summed E-state index contributed by atoms with van der Waals surface area (Å²) in [4.78, 5) is 9.66. The minimum atomic E-state index is -4.74. The number of nitrogens with one attached hydrogen (secondary N) is 1. The second kappa shape index (κ2) is 4.96. The number of nitro groups is 1. The van der Waals surface area contributed by atoms with E-state index in [1.54, 1.807) is 0 Å². The lowest BCUT2D eigenvalue weighted by Crippen LogP contribution is -2.30. The van der Waals surface area contributed by atoms with Crippen molar-refractivity contribution in [2.45, 2.75) is 44.3 Å². The first-order chi connectivity index (χ1) is 9.21. The fourth-order valence-corrected chi connectivity index (χ4v) is 2.63. The van der Waals surface area contributed by atoms with E-state index in [9.17, 15) is 23.3 Å². The molecular weight excluding hydrogens is 273 g/mol. The molecule has 20 heavy (non-hydrogen) atoms. The number of anilines is 1. The number of benzene rings is 1. The summed E-state index contributed by atoms with van der Waals surface area (Å²) in [7, 11) is 0. The molecule has 0 unspecified atom stereocenters. The van der Waals surface area contributed by atoms with E-state index >= 15 is 0 Å². The maximum absolute atomic E-state index is 12.9. The lowest BCUT2D eigenvalue weighted by molar-refractivity contribution is -0.388. The van der Waals surface area contributed by atoms with Gasteiger partial charge in [-0.15, -0.1) is 0 Å². The quantitative estimate of drug-likeness (QED) is 0.664. The van der Waals surface area contributed by atoms with Crippen molar-refractivity contribution in [2.24, 2.45) is 0 Å². The molecule has 1 saturated carbocycles. The van der Waals surface area contributed by atoms with Crippen LogP contribution in [-0.2, 0) is 6.18 Å². The minimum absolute atomic E-state index is 0.237. The molecule has 1 aromatic rings. The predicted octanol–water partition coefficient (Wildman–Crippen LogP) is 4.36. The highest BCUT2D eigenvalue weighted by Crippen LogP contribution is 2.39. The average Bonchev–Trinajstić information content (AvgIpc) is 2.74. The van der Waals surface area contributed by atoms with Gasteiger partial charge in [-0.2, -0.15) is 13.2 Å². The highest BCUT2D eigenvalue weighted by molar-refractivity contribution is 5.56. The average molecular weight is 288 g/mol. The van der Waals surface area contributed by atoms with Gasteiger partial charge in [0.1, 0.15) is 5.56 Å². The van der Waals surface area contributed by atoms with Crippen molar-refractivity contribution >= 4 is 11.4 Å². The third-order valence-corrected chi connectivity index (χ3v) is 3.65. The molecule has 0 saturated heterocycles. The van der Waals surface area contributed by atoms with Gasteiger partial charge in [-0.25, -0.2) is 0 Å². The summed E-state index contributed by atoms with van der Waals surface area (Å²) in [5.74, 6) is 0. The molecule has 4 nitrogen and oxygen atoms in total. The lowest BCUT2D eigenvalue weighted by atomic mass is 9.99. The Hall–Kier alpha value is -1.79. The molecule has 1 N–H and O–H groups in total. The molecule has 1 aliphatic rings. The number of hydrogen-bond acceptors (Lipinski definition) is 3. The number of rotatable bonds is 3. The van der Waals surface area contributed by atoms with E-state index in [1.807, 2.05) is 6.92 Å². The van der Waals surface area contributed by atoms with E-state index in [0.717, 1.165) is 37.8 Å². The first-order valence-corrected chi connectivity index (χ1v) is 6.35. The zero-order chi connectivity index (χ0) is 15.0. The molecule has 0 amide bonds. The topological polar surface area (TPSA) is 55.2 Å². The van der Waals surface area contributed by atoms with Crippen LogP contribution in [0.4, 0.5) is 24.5 Å². The smallest absolute Gasteiger partial charge is 0.380 e. The molecule has 2 rings (SSSR count). The largest absolute Gasteiger partial charge is 0.423 e. The normalized spacial score (nSPS) is 18.0. The Morgan fingerprint density at radius 3 is 2.40 bits per heavy atom. The van der Waals surface area contributed by atoms with E-state index in [1.165, 1.54) is 6.07 Å². The first kappa shape index (κ1) is 14.6. The molecule has 0 heterocycles. The van der Waals surface area contributed by atoms with Crippen LogP contribution in [-0.4, -0.2) is 10.5 Å². The number of nitrogens with zero attached hydrogens (tertiary/aromatic N) is 1. The standard InChI is InChI=1S/C13H15F3N2O2/c1-12(6-2-3-7-12)17-9-4-5-11(18(19)20)10(8-9)13(14,15)16/h4-5,8,17H,2-3,6-7H2,1H3. The second-order valence-electron chi connectivity index (χ2n) is 5.38. The molecular formula is C13H15F3N2O2. The van der Waals surface area contributed by atoms with E-state index in [4.69, 9.17) is 0 Å². The maximum Gasteiger partial charge on any atom is 0.423 e. The third kappa shape index (κ3) is 3.02. The van der Waals surface area contributed by atoms with Gasteiger partial charge in [0.2, 0.25) is 0 Å². The highest BCUT2D eigenvalue weighted by atomic mass is 19.4. The Morgan fingerprint density at radius 2 is 1.90 bits per heavy atom. The fraction of sp³-hybridized carbons (Fsp3) is 0.538. The van der Waals surface area contributed by atoms with Crippen LogP contribution >= 0.6 is 0 Å². The van der Waals surface area contributed by atoms with Gasteiger partial charge in [-0.3, -0.25) is 10.1 Å². The molecule has 1 aromatic carbocycles. The van der Waals surface area contributed by atoms with Gasteiger partial charge in [0.15, 0.2) is 0 Å². The van der Waals surface area contributed by atoms with Crippen molar-refractivity contribution in [2.75, 3.05) is 5.32 Å². The van der Waals surface area contributed by atoms with E-state index in [2.05, 4.69) is 5.32 Å². The summed E-state index contributed by atoms with van der Waals surface area (Å²) < 4.78 is 38.6. The maximum atomic E-state index is 12.9. The van der Waals surface area contributed by atoms with Crippen LogP contribution in [0.1, 0.15) is 38.2 Å². The van der Waals surface area contributed by atoms with Crippen LogP contribution in [0.25, 0.3) is 0 Å². The molecule has 0 spiro atoms. The Morgan fingerprint density at radius 1 is 1.30 bits per heavy atom. The summed E-state index contributed by atoms with van der Waals surface area (Å²) >= 11 is 0. The lowest BCUT2D eigenvalue weighted by Gasteiger charge is -2.27. The zero-order valence-corrected chi connectivity index (χ0v) is 11.0. The summed E-state index contributed by atoms with van der Waals surface area (Å²) in [5.41, 5.74) is -2.10. The van der Waals surface area contributed by atoms with Gasteiger partial charge in [0, 0.05) is 17.3 Å². The summed E-state index contributed by atoms with van der Waals surface area (Å²) in [6.45, 7) is 1.95. The number of halogens is 3. The van der Waals surface area contributed by atoms with Crippen molar-refractivity contribution in [3.63, 3.8) is 0 Å². The van der Waals surface area contributed by atoms with Crippen molar-refractivity contribution in [3.05, 3.63) is 33.9 Å². The van der Waals surface area contributed by atoms with Crippen LogP contribution in [0.2, 0.25) is 0 Å². The predicted molar refractivity (Wildman–Crippen MR) is 68.6 cm³/mol. The number of hydrogen-bond donors (Lipinski definition) is 1. The Kier molecular flexibility index (Phi) is 3.62. The number of nitro benzene ring substituents is 1. The molecule has 0 radical (unpaired) electrons. The van der Waals surface area contributed by atoms with E-state index < -0.39 is 22.4 Å². The van der Waals surface area contributed by atoms with Crippen LogP contribution in [0.15, 0.2) is 18.2 Å². The molecule has 0 atom stereocenters. The second-order valence-corrected chi connectivity index (χ2v) is 5.38. The van der Waals surface area contributed by atoms with Crippen molar-refractivity contribution < 1.29 is 18.1 Å². The monoisotopic (exact) mass is 288 g/mol. The van der Waals surface area contributed by atoms with E-state index in [-0.39, 0.29) is 11.2 Å². The van der Waals surface area contributed by atoms with Crippen molar-refractivity contribution in [1.82, 2.24) is 0 Å². The van der Waals surface area contributed by atoms with Gasteiger partial charge in [-0.05, 0) is 31.9 Å². The van der Waals surface area contributed by atoms with Crippen molar-refractivity contribution in [1.29, 1.82) is 0 Å². The fourth-order valence-electron chi connectivity index (χ4n) is 2.63. The Bertz CT molecular complexity index is 523. The minimum Gasteiger partial charge on any atom is -0.380 e. The molecule has 1 aliphatic carbocycles. The third-order valence-electron chi connectivity index (χ3n) is 3.65. The Labute approximate surface area is 114 Å². The van der Waals surface area contributed by atoms with Crippen LogP contribution in [0.5, 0.6) is 0 Å². The van der Waals surface area contributed by atoms with Crippen LogP contribution in [0.3, 0.4) is 0 Å².